The first-order valence-electron chi connectivity index (χ1n) is 11.8. The second-order valence-corrected chi connectivity index (χ2v) is 12.4. The summed E-state index contributed by atoms with van der Waals surface area (Å²) in [6.07, 6.45) is 3.74. The average Bonchev–Trinajstić information content (AvgIpc) is 3.24. The summed E-state index contributed by atoms with van der Waals surface area (Å²) in [7, 11) is -0.606. The zero-order valence-corrected chi connectivity index (χ0v) is 20.4. The topological polar surface area (TPSA) is 32.3 Å². The van der Waals surface area contributed by atoms with E-state index >= 15 is 0 Å². The second-order valence-electron chi connectivity index (χ2n) is 10.2. The van der Waals surface area contributed by atoms with Crippen LogP contribution in [-0.4, -0.2) is 23.3 Å². The van der Waals surface area contributed by atoms with Crippen LogP contribution in [0.1, 0.15) is 45.6 Å². The van der Waals surface area contributed by atoms with Gasteiger partial charge in [0, 0.05) is 12.1 Å². The minimum absolute atomic E-state index is 0.146. The lowest BCUT2D eigenvalue weighted by Gasteiger charge is -2.27. The van der Waals surface area contributed by atoms with E-state index in [1.807, 2.05) is 0 Å². The van der Waals surface area contributed by atoms with E-state index in [4.69, 9.17) is 0 Å². The van der Waals surface area contributed by atoms with Crippen molar-refractivity contribution in [1.29, 1.82) is 0 Å². The molecule has 3 aromatic rings. The summed E-state index contributed by atoms with van der Waals surface area (Å²) in [4.78, 5) is 0. The summed E-state index contributed by atoms with van der Waals surface area (Å²) in [6, 6.07) is 31.4. The number of benzene rings is 3. The quantitative estimate of drug-likeness (QED) is 0.507. The molecule has 0 aliphatic carbocycles. The minimum atomic E-state index is -0.606. The lowest BCUT2D eigenvalue weighted by Crippen LogP contribution is -2.41. The summed E-state index contributed by atoms with van der Waals surface area (Å²) in [5.74, 6) is 0. The number of aliphatic hydroxyl groups excluding tert-OH is 1. The van der Waals surface area contributed by atoms with Crippen LogP contribution in [0.15, 0.2) is 84.9 Å². The van der Waals surface area contributed by atoms with E-state index in [9.17, 15) is 5.11 Å². The highest BCUT2D eigenvalue weighted by Crippen LogP contribution is 2.35. The van der Waals surface area contributed by atoms with Crippen molar-refractivity contribution >= 4 is 23.8 Å². The molecule has 0 saturated carbocycles. The fraction of sp³-hybridized carbons (Fsp3) is 0.379. The molecule has 0 spiro atoms. The fourth-order valence-corrected chi connectivity index (χ4v) is 7.32. The van der Waals surface area contributed by atoms with Gasteiger partial charge in [0.25, 0.3) is 0 Å². The Hall–Kier alpha value is -1.99. The molecule has 1 fully saturated rings. The Bertz CT molecular complexity index is 943. The normalized spacial score (nSPS) is 19.9. The molecule has 0 amide bonds. The number of hydrogen-bond acceptors (Lipinski definition) is 2. The van der Waals surface area contributed by atoms with Crippen molar-refractivity contribution in [2.45, 2.75) is 64.6 Å². The van der Waals surface area contributed by atoms with Crippen molar-refractivity contribution in [3.8, 4) is 0 Å². The maximum Gasteiger partial charge on any atom is 0.0698 e. The van der Waals surface area contributed by atoms with Gasteiger partial charge >= 0.3 is 0 Å². The first-order chi connectivity index (χ1) is 15.4. The van der Waals surface area contributed by atoms with Crippen LogP contribution in [0.4, 0.5) is 0 Å². The summed E-state index contributed by atoms with van der Waals surface area (Å²) in [5.41, 5.74) is 1.57. The Morgan fingerprint density at radius 2 is 1.41 bits per heavy atom. The molecule has 4 rings (SSSR count). The van der Waals surface area contributed by atoms with Gasteiger partial charge in [0.1, 0.15) is 0 Å². The predicted molar refractivity (Wildman–Crippen MR) is 139 cm³/mol. The van der Waals surface area contributed by atoms with Gasteiger partial charge in [0.05, 0.1) is 6.10 Å². The van der Waals surface area contributed by atoms with Crippen molar-refractivity contribution in [2.75, 3.05) is 0 Å². The molecule has 3 heteroatoms. The van der Waals surface area contributed by atoms with E-state index in [-0.39, 0.29) is 17.6 Å². The molecule has 1 unspecified atom stereocenters. The third-order valence-corrected chi connectivity index (χ3v) is 8.84. The van der Waals surface area contributed by atoms with Gasteiger partial charge in [-0.1, -0.05) is 106 Å². The molecular formula is C29H36NOP. The molecule has 1 saturated heterocycles. The molecule has 32 heavy (non-hydrogen) atoms. The monoisotopic (exact) mass is 445 g/mol. The van der Waals surface area contributed by atoms with Crippen LogP contribution >= 0.6 is 7.92 Å². The Kier molecular flexibility index (Phi) is 7.46. The predicted octanol–water partition coefficient (Wildman–Crippen LogP) is 4.91. The van der Waals surface area contributed by atoms with E-state index in [1.165, 1.54) is 21.5 Å². The second kappa shape index (κ2) is 10.3. The highest BCUT2D eigenvalue weighted by Gasteiger charge is 2.32. The molecule has 1 aliphatic rings. The smallest absolute Gasteiger partial charge is 0.0698 e. The summed E-state index contributed by atoms with van der Waals surface area (Å²) >= 11 is 0. The first-order valence-corrected chi connectivity index (χ1v) is 13.2. The van der Waals surface area contributed by atoms with Crippen LogP contribution in [0.3, 0.4) is 0 Å². The Labute approximate surface area is 194 Å². The molecule has 1 heterocycles. The summed E-state index contributed by atoms with van der Waals surface area (Å²) in [5, 5.41) is 18.7. The lowest BCUT2D eigenvalue weighted by molar-refractivity contribution is 0.0883. The number of rotatable bonds is 7. The molecule has 0 bridgehead atoms. The Morgan fingerprint density at radius 1 is 0.844 bits per heavy atom. The number of aliphatic hydroxyl groups is 1. The van der Waals surface area contributed by atoms with E-state index in [2.05, 4.69) is 111 Å². The Morgan fingerprint density at radius 3 is 2.00 bits per heavy atom. The van der Waals surface area contributed by atoms with Gasteiger partial charge in [0.15, 0.2) is 0 Å². The third kappa shape index (κ3) is 5.87. The van der Waals surface area contributed by atoms with Gasteiger partial charge in [-0.2, -0.15) is 0 Å². The van der Waals surface area contributed by atoms with E-state index in [0.717, 1.165) is 25.7 Å². The molecule has 168 valence electrons. The zero-order valence-electron chi connectivity index (χ0n) is 19.5. The van der Waals surface area contributed by atoms with E-state index < -0.39 is 7.92 Å². The molecule has 3 aromatic carbocycles. The van der Waals surface area contributed by atoms with Crippen LogP contribution in [0.25, 0.3) is 0 Å². The lowest BCUT2D eigenvalue weighted by atomic mass is 9.86. The van der Waals surface area contributed by atoms with Crippen LogP contribution in [0.2, 0.25) is 0 Å². The number of nitrogens with one attached hydrogen (secondary N) is 1. The maximum absolute atomic E-state index is 10.7. The molecule has 2 N–H and O–H groups in total. The first kappa shape index (κ1) is 23.2. The molecule has 0 radical (unpaired) electrons. The van der Waals surface area contributed by atoms with Crippen molar-refractivity contribution in [3.63, 3.8) is 0 Å². The zero-order chi connectivity index (χ0) is 22.6. The Balaban J connectivity index is 1.57. The van der Waals surface area contributed by atoms with Crippen molar-refractivity contribution in [3.05, 3.63) is 90.5 Å². The van der Waals surface area contributed by atoms with Gasteiger partial charge in [-0.15, -0.1) is 0 Å². The molecular weight excluding hydrogens is 409 g/mol. The number of hydrogen-bond donors (Lipinski definition) is 2. The molecule has 1 aliphatic heterocycles. The van der Waals surface area contributed by atoms with Crippen LogP contribution < -0.4 is 21.2 Å². The minimum Gasteiger partial charge on any atom is -0.391 e. The average molecular weight is 446 g/mol. The van der Waals surface area contributed by atoms with Crippen LogP contribution in [0, 0.1) is 5.41 Å². The SMILES string of the molecule is CC(C)(C)C[C@@H](O)[C@@H]1CCC(Cc2ccccc2P(c2ccccc2)c2ccccc2)N1. The highest BCUT2D eigenvalue weighted by atomic mass is 31.1. The highest BCUT2D eigenvalue weighted by molar-refractivity contribution is 7.79. The van der Waals surface area contributed by atoms with Gasteiger partial charge in [-0.25, -0.2) is 0 Å². The van der Waals surface area contributed by atoms with Crippen molar-refractivity contribution < 1.29 is 5.11 Å². The fourth-order valence-electron chi connectivity index (χ4n) is 4.83. The van der Waals surface area contributed by atoms with E-state index in [0.29, 0.717) is 6.04 Å². The van der Waals surface area contributed by atoms with Crippen molar-refractivity contribution in [2.24, 2.45) is 5.41 Å². The van der Waals surface area contributed by atoms with E-state index in [1.54, 1.807) is 0 Å². The molecule has 2 nitrogen and oxygen atoms in total. The molecule has 3 atom stereocenters. The van der Waals surface area contributed by atoms with Gasteiger partial charge in [-0.3, -0.25) is 0 Å². The largest absolute Gasteiger partial charge is 0.391 e. The van der Waals surface area contributed by atoms with Crippen molar-refractivity contribution in [1.82, 2.24) is 5.32 Å². The standard InChI is InChI=1S/C29H36NOP/c1-29(2,3)21-27(31)26-19-18-23(30-26)20-22-12-10-11-17-28(22)32(24-13-6-4-7-14-24)25-15-8-5-9-16-25/h4-17,23,26-27,30-31H,18-21H2,1-3H3/t23?,26-,27+/m0/s1. The summed E-state index contributed by atoms with van der Waals surface area (Å²) < 4.78 is 0. The van der Waals surface area contributed by atoms with Crippen LogP contribution in [0.5, 0.6) is 0 Å². The van der Waals surface area contributed by atoms with Gasteiger partial charge < -0.3 is 10.4 Å². The van der Waals surface area contributed by atoms with Crippen LogP contribution in [-0.2, 0) is 6.42 Å². The molecule has 0 aromatic heterocycles. The summed E-state index contributed by atoms with van der Waals surface area (Å²) in [6.45, 7) is 6.61. The van der Waals surface area contributed by atoms with Gasteiger partial charge in [-0.05, 0) is 60.5 Å². The third-order valence-electron chi connectivity index (χ3n) is 6.29. The maximum atomic E-state index is 10.7. The van der Waals surface area contributed by atoms with Gasteiger partial charge in [0.2, 0.25) is 0 Å².